The third kappa shape index (κ3) is 4.80. The van der Waals surface area contributed by atoms with Gasteiger partial charge in [0.15, 0.2) is 0 Å². The molecule has 2 unspecified atom stereocenters. The standard InChI is InChI=1S/C11H23NO3S/c1-11(2,3)8-16(14,15)12-7-9-5-4-6-10(9)13/h9-10,12-13H,4-8H2,1-3H3. The van der Waals surface area contributed by atoms with E-state index in [0.717, 1.165) is 19.3 Å². The van der Waals surface area contributed by atoms with Crippen LogP contribution in [0.4, 0.5) is 0 Å². The molecule has 0 bridgehead atoms. The molecule has 2 N–H and O–H groups in total. The van der Waals surface area contributed by atoms with Crippen molar-refractivity contribution < 1.29 is 13.5 Å². The minimum atomic E-state index is -3.21. The molecule has 0 amide bonds. The molecule has 0 saturated heterocycles. The van der Waals surface area contributed by atoms with Gasteiger partial charge in [0.2, 0.25) is 10.0 Å². The van der Waals surface area contributed by atoms with E-state index in [-0.39, 0.29) is 23.2 Å². The van der Waals surface area contributed by atoms with Crippen LogP contribution in [0.3, 0.4) is 0 Å². The molecule has 5 heteroatoms. The van der Waals surface area contributed by atoms with Crippen LogP contribution < -0.4 is 4.72 Å². The predicted molar refractivity (Wildman–Crippen MR) is 64.6 cm³/mol. The van der Waals surface area contributed by atoms with E-state index in [4.69, 9.17) is 0 Å². The second kappa shape index (κ2) is 5.02. The summed E-state index contributed by atoms with van der Waals surface area (Å²) in [4.78, 5) is 0. The lowest BCUT2D eigenvalue weighted by atomic mass is 10.0. The smallest absolute Gasteiger partial charge is 0.212 e. The first-order valence-corrected chi connectivity index (χ1v) is 7.50. The molecule has 0 aromatic carbocycles. The topological polar surface area (TPSA) is 66.4 Å². The summed E-state index contributed by atoms with van der Waals surface area (Å²) in [6.07, 6.45) is 2.37. The van der Waals surface area contributed by atoms with Crippen molar-refractivity contribution in [2.24, 2.45) is 11.3 Å². The first-order valence-electron chi connectivity index (χ1n) is 5.85. The second-order valence-electron chi connectivity index (χ2n) is 5.93. The van der Waals surface area contributed by atoms with Crippen LogP contribution in [0.15, 0.2) is 0 Å². The molecule has 96 valence electrons. The molecule has 0 spiro atoms. The number of rotatable bonds is 4. The Bertz CT molecular complexity index is 319. The molecule has 2 atom stereocenters. The molecule has 0 heterocycles. The molecule has 0 aromatic rings. The summed E-state index contributed by atoms with van der Waals surface area (Å²) in [6, 6.07) is 0. The van der Waals surface area contributed by atoms with Crippen LogP contribution in [0.2, 0.25) is 0 Å². The van der Waals surface area contributed by atoms with Crippen molar-refractivity contribution >= 4 is 10.0 Å². The minimum Gasteiger partial charge on any atom is -0.393 e. The predicted octanol–water partition coefficient (Wildman–Crippen LogP) is 1.11. The summed E-state index contributed by atoms with van der Waals surface area (Å²) < 4.78 is 26.0. The average Bonchev–Trinajstić information content (AvgIpc) is 2.43. The molecule has 1 fully saturated rings. The molecule has 0 radical (unpaired) electrons. The quantitative estimate of drug-likeness (QED) is 0.784. The zero-order chi connectivity index (χ0) is 12.4. The van der Waals surface area contributed by atoms with Gasteiger partial charge in [0.05, 0.1) is 11.9 Å². The van der Waals surface area contributed by atoms with Crippen LogP contribution in [0.25, 0.3) is 0 Å². The number of sulfonamides is 1. The maximum atomic E-state index is 11.7. The van der Waals surface area contributed by atoms with E-state index in [9.17, 15) is 13.5 Å². The van der Waals surface area contributed by atoms with Gasteiger partial charge in [0, 0.05) is 6.54 Å². The van der Waals surface area contributed by atoms with Crippen molar-refractivity contribution in [2.45, 2.75) is 46.1 Å². The monoisotopic (exact) mass is 249 g/mol. The highest BCUT2D eigenvalue weighted by molar-refractivity contribution is 7.89. The molecule has 16 heavy (non-hydrogen) atoms. The molecular formula is C11H23NO3S. The first-order chi connectivity index (χ1) is 7.20. The summed E-state index contributed by atoms with van der Waals surface area (Å²) >= 11 is 0. The first kappa shape index (κ1) is 13.9. The zero-order valence-electron chi connectivity index (χ0n) is 10.4. The summed E-state index contributed by atoms with van der Waals surface area (Å²) in [7, 11) is -3.21. The Balaban J connectivity index is 2.42. The summed E-state index contributed by atoms with van der Waals surface area (Å²) in [5.41, 5.74) is -0.236. The maximum Gasteiger partial charge on any atom is 0.212 e. The molecule has 1 saturated carbocycles. The SMILES string of the molecule is CC(C)(C)CS(=O)(=O)NCC1CCCC1O. The zero-order valence-corrected chi connectivity index (χ0v) is 11.2. The van der Waals surface area contributed by atoms with Gasteiger partial charge in [-0.2, -0.15) is 0 Å². The van der Waals surface area contributed by atoms with Gasteiger partial charge in [-0.1, -0.05) is 27.2 Å². The Morgan fingerprint density at radius 1 is 1.31 bits per heavy atom. The van der Waals surface area contributed by atoms with Crippen LogP contribution in [0, 0.1) is 11.3 Å². The molecular weight excluding hydrogens is 226 g/mol. The van der Waals surface area contributed by atoms with Gasteiger partial charge >= 0.3 is 0 Å². The molecule has 1 rings (SSSR count). The minimum absolute atomic E-state index is 0.0924. The second-order valence-corrected chi connectivity index (χ2v) is 7.73. The van der Waals surface area contributed by atoms with Gasteiger partial charge < -0.3 is 5.11 Å². The Morgan fingerprint density at radius 2 is 1.94 bits per heavy atom. The lowest BCUT2D eigenvalue weighted by molar-refractivity contribution is 0.134. The molecule has 1 aliphatic carbocycles. The van der Waals surface area contributed by atoms with E-state index in [1.165, 1.54) is 0 Å². The Labute approximate surface area is 98.5 Å². The third-order valence-corrected chi connectivity index (χ3v) is 4.66. The summed E-state index contributed by atoms with van der Waals surface area (Å²) in [5, 5.41) is 9.58. The lowest BCUT2D eigenvalue weighted by Gasteiger charge is -2.20. The number of hydrogen-bond donors (Lipinski definition) is 2. The van der Waals surface area contributed by atoms with Gasteiger partial charge in [0.25, 0.3) is 0 Å². The van der Waals surface area contributed by atoms with Crippen LogP contribution in [-0.4, -0.2) is 31.9 Å². The normalized spacial score (nSPS) is 27.2. The summed E-state index contributed by atoms with van der Waals surface area (Å²) in [6.45, 7) is 6.07. The van der Waals surface area contributed by atoms with Crippen LogP contribution in [0.5, 0.6) is 0 Å². The van der Waals surface area contributed by atoms with Crippen molar-refractivity contribution in [1.82, 2.24) is 4.72 Å². The van der Waals surface area contributed by atoms with Crippen molar-refractivity contribution in [3.8, 4) is 0 Å². The van der Waals surface area contributed by atoms with Crippen molar-refractivity contribution in [2.75, 3.05) is 12.3 Å². The highest BCUT2D eigenvalue weighted by Gasteiger charge is 2.27. The maximum absolute atomic E-state index is 11.7. The van der Waals surface area contributed by atoms with Crippen molar-refractivity contribution in [3.05, 3.63) is 0 Å². The van der Waals surface area contributed by atoms with Gasteiger partial charge in [-0.25, -0.2) is 13.1 Å². The molecule has 0 aliphatic heterocycles. The van der Waals surface area contributed by atoms with Crippen LogP contribution in [0.1, 0.15) is 40.0 Å². The highest BCUT2D eigenvalue weighted by Crippen LogP contribution is 2.25. The number of aliphatic hydroxyl groups excluding tert-OH is 1. The lowest BCUT2D eigenvalue weighted by Crippen LogP contribution is -2.37. The fourth-order valence-corrected chi connectivity index (χ4v) is 3.82. The van der Waals surface area contributed by atoms with Crippen molar-refractivity contribution in [1.29, 1.82) is 0 Å². The van der Waals surface area contributed by atoms with E-state index >= 15 is 0 Å². The van der Waals surface area contributed by atoms with E-state index in [2.05, 4.69) is 4.72 Å². The third-order valence-electron chi connectivity index (χ3n) is 2.81. The van der Waals surface area contributed by atoms with Gasteiger partial charge in [0.1, 0.15) is 0 Å². The van der Waals surface area contributed by atoms with Crippen LogP contribution in [-0.2, 0) is 10.0 Å². The molecule has 4 nitrogen and oxygen atoms in total. The Morgan fingerprint density at radius 3 is 2.38 bits per heavy atom. The van der Waals surface area contributed by atoms with Gasteiger partial charge in [-0.3, -0.25) is 0 Å². The largest absolute Gasteiger partial charge is 0.393 e. The fourth-order valence-electron chi connectivity index (χ4n) is 2.11. The Kier molecular flexibility index (Phi) is 4.37. The Hall–Kier alpha value is -0.130. The van der Waals surface area contributed by atoms with Crippen LogP contribution >= 0.6 is 0 Å². The number of hydrogen-bond acceptors (Lipinski definition) is 3. The highest BCUT2D eigenvalue weighted by atomic mass is 32.2. The number of aliphatic hydroxyl groups is 1. The number of nitrogens with one attached hydrogen (secondary N) is 1. The summed E-state index contributed by atoms with van der Waals surface area (Å²) in [5.74, 6) is 0.220. The van der Waals surface area contributed by atoms with E-state index < -0.39 is 10.0 Å². The van der Waals surface area contributed by atoms with Crippen molar-refractivity contribution in [3.63, 3.8) is 0 Å². The van der Waals surface area contributed by atoms with E-state index in [0.29, 0.717) is 6.54 Å². The van der Waals surface area contributed by atoms with E-state index in [1.807, 2.05) is 20.8 Å². The molecule has 1 aliphatic rings. The van der Waals surface area contributed by atoms with Gasteiger partial charge in [-0.05, 0) is 24.2 Å². The fraction of sp³-hybridized carbons (Fsp3) is 1.00. The van der Waals surface area contributed by atoms with Gasteiger partial charge in [-0.15, -0.1) is 0 Å². The van der Waals surface area contributed by atoms with E-state index in [1.54, 1.807) is 0 Å². The average molecular weight is 249 g/mol. The molecule has 0 aromatic heterocycles.